The standard InChI is InChI=1S/C11H20O3/c1-5-9(12)10(13)14-11(6-2,7-3)8-4/h5-8H2,1-4H3. The average molecular weight is 200 g/mol. The second kappa shape index (κ2) is 5.78. The summed E-state index contributed by atoms with van der Waals surface area (Å²) < 4.78 is 5.25. The molecule has 0 bridgehead atoms. The van der Waals surface area contributed by atoms with E-state index in [1.54, 1.807) is 6.92 Å². The number of rotatable bonds is 6. The molecule has 14 heavy (non-hydrogen) atoms. The maximum absolute atomic E-state index is 11.3. The lowest BCUT2D eigenvalue weighted by Gasteiger charge is -2.29. The molecule has 0 saturated carbocycles. The minimum absolute atomic E-state index is 0.214. The van der Waals surface area contributed by atoms with Gasteiger partial charge in [-0.25, -0.2) is 4.79 Å². The summed E-state index contributed by atoms with van der Waals surface area (Å²) in [6, 6.07) is 0. The zero-order chi connectivity index (χ0) is 11.2. The number of esters is 1. The van der Waals surface area contributed by atoms with Crippen LogP contribution in [0, 0.1) is 0 Å². The first-order valence-corrected chi connectivity index (χ1v) is 5.31. The summed E-state index contributed by atoms with van der Waals surface area (Å²) in [4.78, 5) is 22.4. The normalized spacial score (nSPS) is 11.1. The van der Waals surface area contributed by atoms with Crippen molar-refractivity contribution in [3.63, 3.8) is 0 Å². The van der Waals surface area contributed by atoms with E-state index in [4.69, 9.17) is 4.74 Å². The summed E-state index contributed by atoms with van der Waals surface area (Å²) in [6.45, 7) is 7.57. The van der Waals surface area contributed by atoms with Gasteiger partial charge in [-0.05, 0) is 19.3 Å². The van der Waals surface area contributed by atoms with Gasteiger partial charge >= 0.3 is 5.97 Å². The summed E-state index contributed by atoms with van der Waals surface area (Å²) in [6.07, 6.45) is 2.47. The molecule has 0 aliphatic rings. The molecule has 0 heterocycles. The van der Waals surface area contributed by atoms with E-state index in [0.717, 1.165) is 19.3 Å². The molecule has 0 aromatic heterocycles. The van der Waals surface area contributed by atoms with Crippen LogP contribution >= 0.6 is 0 Å². The van der Waals surface area contributed by atoms with Gasteiger partial charge in [0.15, 0.2) is 0 Å². The molecule has 0 fully saturated rings. The minimum atomic E-state index is -0.682. The zero-order valence-corrected chi connectivity index (χ0v) is 9.55. The first-order valence-electron chi connectivity index (χ1n) is 5.31. The van der Waals surface area contributed by atoms with Crippen LogP contribution in [0.2, 0.25) is 0 Å². The Balaban J connectivity index is 4.44. The Hall–Kier alpha value is -0.860. The van der Waals surface area contributed by atoms with Crippen LogP contribution in [0.3, 0.4) is 0 Å². The highest BCUT2D eigenvalue weighted by molar-refractivity contribution is 6.33. The highest BCUT2D eigenvalue weighted by atomic mass is 16.6. The Morgan fingerprint density at radius 2 is 1.43 bits per heavy atom. The van der Waals surface area contributed by atoms with Gasteiger partial charge in [0.25, 0.3) is 0 Å². The van der Waals surface area contributed by atoms with Crippen molar-refractivity contribution in [1.82, 2.24) is 0 Å². The lowest BCUT2D eigenvalue weighted by molar-refractivity contribution is -0.167. The van der Waals surface area contributed by atoms with Crippen molar-refractivity contribution in [2.75, 3.05) is 0 Å². The molecule has 0 N–H and O–H groups in total. The van der Waals surface area contributed by atoms with Crippen molar-refractivity contribution >= 4 is 11.8 Å². The van der Waals surface area contributed by atoms with E-state index in [2.05, 4.69) is 0 Å². The van der Waals surface area contributed by atoms with Gasteiger partial charge in [-0.1, -0.05) is 27.7 Å². The predicted octanol–water partition coefficient (Wildman–Crippen LogP) is 2.48. The number of carbonyl (C=O) groups is 2. The quantitative estimate of drug-likeness (QED) is 0.488. The van der Waals surface area contributed by atoms with Crippen molar-refractivity contribution in [3.05, 3.63) is 0 Å². The van der Waals surface area contributed by atoms with Crippen molar-refractivity contribution in [1.29, 1.82) is 0 Å². The maximum Gasteiger partial charge on any atom is 0.375 e. The van der Waals surface area contributed by atoms with Gasteiger partial charge in [0.1, 0.15) is 5.60 Å². The van der Waals surface area contributed by atoms with Crippen LogP contribution in [0.5, 0.6) is 0 Å². The van der Waals surface area contributed by atoms with Crippen LogP contribution in [-0.4, -0.2) is 17.4 Å². The molecule has 0 aromatic rings. The molecule has 0 unspecified atom stereocenters. The monoisotopic (exact) mass is 200 g/mol. The summed E-state index contributed by atoms with van der Waals surface area (Å²) in [5, 5.41) is 0. The fraction of sp³-hybridized carbons (Fsp3) is 0.818. The second-order valence-corrected chi connectivity index (χ2v) is 3.41. The van der Waals surface area contributed by atoms with Crippen LogP contribution in [-0.2, 0) is 14.3 Å². The van der Waals surface area contributed by atoms with Gasteiger partial charge < -0.3 is 4.74 Å². The molecule has 3 nitrogen and oxygen atoms in total. The van der Waals surface area contributed by atoms with Crippen LogP contribution < -0.4 is 0 Å². The SMILES string of the molecule is CCC(=O)C(=O)OC(CC)(CC)CC. The molecule has 0 spiro atoms. The third-order valence-electron chi connectivity index (χ3n) is 2.79. The molecule has 0 aromatic carbocycles. The van der Waals surface area contributed by atoms with E-state index < -0.39 is 17.4 Å². The Labute approximate surface area is 85.8 Å². The Bertz CT molecular complexity index is 196. The highest BCUT2D eigenvalue weighted by Gasteiger charge is 2.30. The van der Waals surface area contributed by atoms with Gasteiger partial charge in [-0.3, -0.25) is 4.79 Å². The summed E-state index contributed by atoms with van der Waals surface area (Å²) >= 11 is 0. The maximum atomic E-state index is 11.3. The number of carbonyl (C=O) groups excluding carboxylic acids is 2. The second-order valence-electron chi connectivity index (χ2n) is 3.41. The third-order valence-corrected chi connectivity index (χ3v) is 2.79. The molecule has 0 aliphatic carbocycles. The molecule has 0 saturated heterocycles. The molecule has 0 amide bonds. The Kier molecular flexibility index (Phi) is 5.43. The first kappa shape index (κ1) is 13.1. The molecule has 0 aliphatic heterocycles. The lowest BCUT2D eigenvalue weighted by Crippen LogP contribution is -2.35. The fourth-order valence-corrected chi connectivity index (χ4v) is 1.36. The molecule has 0 rings (SSSR count). The third kappa shape index (κ3) is 3.13. The summed E-state index contributed by atoms with van der Waals surface area (Å²) in [5.41, 5.74) is -0.443. The van der Waals surface area contributed by atoms with Crippen LogP contribution in [0.4, 0.5) is 0 Å². The number of Topliss-reactive ketones (excluding diaryl/α,β-unsaturated/α-hetero) is 1. The average Bonchev–Trinajstić information content (AvgIpc) is 2.24. The van der Waals surface area contributed by atoms with Crippen LogP contribution in [0.25, 0.3) is 0 Å². The van der Waals surface area contributed by atoms with Crippen LogP contribution in [0.15, 0.2) is 0 Å². The summed E-state index contributed by atoms with van der Waals surface area (Å²) in [7, 11) is 0. The number of hydrogen-bond donors (Lipinski definition) is 0. The van der Waals surface area contributed by atoms with E-state index in [0.29, 0.717) is 0 Å². The smallest absolute Gasteiger partial charge is 0.375 e. The van der Waals surface area contributed by atoms with Crippen molar-refractivity contribution < 1.29 is 14.3 Å². The zero-order valence-electron chi connectivity index (χ0n) is 9.55. The fourth-order valence-electron chi connectivity index (χ4n) is 1.36. The first-order chi connectivity index (χ1) is 6.55. The molecular weight excluding hydrogens is 180 g/mol. The van der Waals surface area contributed by atoms with Crippen LogP contribution in [0.1, 0.15) is 53.4 Å². The van der Waals surface area contributed by atoms with Gasteiger partial charge in [0.05, 0.1) is 0 Å². The molecule has 0 atom stereocenters. The van der Waals surface area contributed by atoms with Gasteiger partial charge in [0.2, 0.25) is 5.78 Å². The predicted molar refractivity (Wildman–Crippen MR) is 55.0 cm³/mol. The molecule has 82 valence electrons. The highest BCUT2D eigenvalue weighted by Crippen LogP contribution is 2.24. The largest absolute Gasteiger partial charge is 0.453 e. The van der Waals surface area contributed by atoms with E-state index in [9.17, 15) is 9.59 Å². The van der Waals surface area contributed by atoms with E-state index in [-0.39, 0.29) is 6.42 Å². The number of hydrogen-bond acceptors (Lipinski definition) is 3. The molecule has 0 radical (unpaired) electrons. The molecule has 3 heteroatoms. The van der Waals surface area contributed by atoms with E-state index in [1.807, 2.05) is 20.8 Å². The summed E-state index contributed by atoms with van der Waals surface area (Å²) in [5.74, 6) is -1.12. The Morgan fingerprint density at radius 3 is 1.71 bits per heavy atom. The van der Waals surface area contributed by atoms with Gasteiger partial charge in [-0.2, -0.15) is 0 Å². The van der Waals surface area contributed by atoms with E-state index >= 15 is 0 Å². The van der Waals surface area contributed by atoms with Crippen molar-refractivity contribution in [2.24, 2.45) is 0 Å². The van der Waals surface area contributed by atoms with Crippen molar-refractivity contribution in [3.8, 4) is 0 Å². The lowest BCUT2D eigenvalue weighted by atomic mass is 9.94. The van der Waals surface area contributed by atoms with E-state index in [1.165, 1.54) is 0 Å². The molecular formula is C11H20O3. The Morgan fingerprint density at radius 1 is 1.00 bits per heavy atom. The van der Waals surface area contributed by atoms with Gasteiger partial charge in [-0.15, -0.1) is 0 Å². The van der Waals surface area contributed by atoms with Crippen molar-refractivity contribution in [2.45, 2.75) is 59.0 Å². The number of ether oxygens (including phenoxy) is 1. The topological polar surface area (TPSA) is 43.4 Å². The minimum Gasteiger partial charge on any atom is -0.453 e. The number of ketones is 1. The van der Waals surface area contributed by atoms with Gasteiger partial charge in [0, 0.05) is 6.42 Å².